The van der Waals surface area contributed by atoms with E-state index in [1.807, 2.05) is 4.98 Å². The van der Waals surface area contributed by atoms with E-state index in [1.54, 1.807) is 0 Å². The van der Waals surface area contributed by atoms with Gasteiger partial charge < -0.3 is 14.9 Å². The number of nitrogens with one attached hydrogen (secondary N) is 1. The molecule has 8 heteroatoms. The van der Waals surface area contributed by atoms with E-state index in [2.05, 4.69) is 0 Å². The monoisotopic (exact) mass is 260 g/mol. The summed E-state index contributed by atoms with van der Waals surface area (Å²) in [7, 11) is 0. The molecule has 1 unspecified atom stereocenters. The summed E-state index contributed by atoms with van der Waals surface area (Å²) in [6.07, 6.45) is -3.01. The number of aromatic amines is 1. The lowest BCUT2D eigenvalue weighted by atomic mass is 9.98. The normalized spacial score (nSPS) is 35.9. The van der Waals surface area contributed by atoms with E-state index in [0.717, 1.165) is 23.8 Å². The fourth-order valence-corrected chi connectivity index (χ4v) is 1.97. The summed E-state index contributed by atoms with van der Waals surface area (Å²) < 4.78 is 20.3. The number of hydrogen-bond acceptors (Lipinski definition) is 5. The predicted molar refractivity (Wildman–Crippen MR) is 57.8 cm³/mol. The molecule has 1 aromatic rings. The average Bonchev–Trinajstić information content (AvgIpc) is 2.52. The van der Waals surface area contributed by atoms with Crippen LogP contribution in [0.15, 0.2) is 21.9 Å². The van der Waals surface area contributed by atoms with Crippen molar-refractivity contribution in [1.82, 2.24) is 9.55 Å². The maximum atomic E-state index is 14.3. The number of alkyl halides is 1. The zero-order valence-electron chi connectivity index (χ0n) is 9.54. The molecule has 1 saturated heterocycles. The van der Waals surface area contributed by atoms with Crippen LogP contribution in [-0.4, -0.2) is 44.2 Å². The van der Waals surface area contributed by atoms with Crippen LogP contribution in [0.1, 0.15) is 13.2 Å². The summed E-state index contributed by atoms with van der Waals surface area (Å²) in [5.41, 5.74) is -3.72. The predicted octanol–water partition coefficient (Wildman–Crippen LogP) is -1.48. The van der Waals surface area contributed by atoms with Gasteiger partial charge in [0.15, 0.2) is 11.9 Å². The van der Waals surface area contributed by atoms with Crippen LogP contribution in [0.5, 0.6) is 0 Å². The van der Waals surface area contributed by atoms with Gasteiger partial charge in [0.25, 0.3) is 5.56 Å². The van der Waals surface area contributed by atoms with E-state index >= 15 is 0 Å². The quantitative estimate of drug-likeness (QED) is 0.601. The van der Waals surface area contributed by atoms with Gasteiger partial charge in [0.05, 0.1) is 6.61 Å². The Bertz CT molecular complexity index is 552. The summed E-state index contributed by atoms with van der Waals surface area (Å²) in [5.74, 6) is 0. The zero-order valence-corrected chi connectivity index (χ0v) is 9.54. The lowest BCUT2D eigenvalue weighted by molar-refractivity contribution is -0.0611. The molecule has 18 heavy (non-hydrogen) atoms. The first kappa shape index (κ1) is 12.9. The van der Waals surface area contributed by atoms with Crippen LogP contribution < -0.4 is 11.2 Å². The number of hydrogen-bond donors (Lipinski definition) is 3. The number of H-pyrrole nitrogens is 1. The van der Waals surface area contributed by atoms with E-state index in [-0.39, 0.29) is 0 Å². The Hall–Kier alpha value is -1.51. The smallest absolute Gasteiger partial charge is 0.330 e. The molecule has 1 aliphatic rings. The highest BCUT2D eigenvalue weighted by Gasteiger charge is 2.54. The Kier molecular flexibility index (Phi) is 3.09. The van der Waals surface area contributed by atoms with E-state index in [0.29, 0.717) is 0 Å². The third kappa shape index (κ3) is 1.88. The number of rotatable bonds is 2. The van der Waals surface area contributed by atoms with E-state index in [1.165, 1.54) is 0 Å². The lowest BCUT2D eigenvalue weighted by Crippen LogP contribution is -2.43. The maximum Gasteiger partial charge on any atom is 0.330 e. The minimum absolute atomic E-state index is 0.574. The Labute approximate surface area is 100 Å². The standard InChI is InChI=1S/C10H13FN2O5/c1-10(11)7(16)5(4-14)18-8(10)13-3-2-6(15)12-9(13)17/h2-3,5,7-8,14,16H,4H2,1H3,(H,12,15,17)/t5-,7+,8-,10?/m1/s1. The van der Waals surface area contributed by atoms with Crippen LogP contribution in [0.25, 0.3) is 0 Å². The highest BCUT2D eigenvalue weighted by atomic mass is 19.1. The summed E-state index contributed by atoms with van der Waals surface area (Å²) in [4.78, 5) is 24.4. The molecular formula is C10H13FN2O5. The van der Waals surface area contributed by atoms with Crippen LogP contribution in [0, 0.1) is 0 Å². The van der Waals surface area contributed by atoms with Crippen molar-refractivity contribution in [2.24, 2.45) is 0 Å². The minimum atomic E-state index is -2.25. The van der Waals surface area contributed by atoms with Crippen LogP contribution in [-0.2, 0) is 4.74 Å². The Morgan fingerprint density at radius 1 is 1.61 bits per heavy atom. The van der Waals surface area contributed by atoms with Crippen molar-refractivity contribution < 1.29 is 19.3 Å². The van der Waals surface area contributed by atoms with Crippen LogP contribution in [0.2, 0.25) is 0 Å². The molecular weight excluding hydrogens is 247 g/mol. The molecule has 1 aliphatic heterocycles. The van der Waals surface area contributed by atoms with Gasteiger partial charge >= 0.3 is 5.69 Å². The van der Waals surface area contributed by atoms with Gasteiger partial charge in [0, 0.05) is 12.3 Å². The van der Waals surface area contributed by atoms with E-state index in [9.17, 15) is 19.1 Å². The molecule has 0 aromatic carbocycles. The van der Waals surface area contributed by atoms with Crippen LogP contribution in [0.3, 0.4) is 0 Å². The maximum absolute atomic E-state index is 14.3. The molecule has 2 heterocycles. The van der Waals surface area contributed by atoms with Crippen molar-refractivity contribution in [3.8, 4) is 0 Å². The Morgan fingerprint density at radius 3 is 2.78 bits per heavy atom. The van der Waals surface area contributed by atoms with Gasteiger partial charge in [-0.25, -0.2) is 9.18 Å². The third-order valence-corrected chi connectivity index (χ3v) is 3.00. The average molecular weight is 260 g/mol. The number of aliphatic hydroxyl groups excluding tert-OH is 2. The summed E-state index contributed by atoms with van der Waals surface area (Å²) in [6.45, 7) is 0.491. The number of ether oxygens (including phenoxy) is 1. The number of aromatic nitrogens is 2. The summed E-state index contributed by atoms with van der Waals surface area (Å²) in [5, 5.41) is 18.6. The van der Waals surface area contributed by atoms with Crippen molar-refractivity contribution in [2.75, 3.05) is 6.61 Å². The number of nitrogens with zero attached hydrogens (tertiary/aromatic N) is 1. The molecule has 100 valence electrons. The van der Waals surface area contributed by atoms with E-state index < -0.39 is 42.0 Å². The molecule has 1 fully saturated rings. The van der Waals surface area contributed by atoms with Crippen LogP contribution in [0.4, 0.5) is 4.39 Å². The first-order valence-corrected chi connectivity index (χ1v) is 5.32. The van der Waals surface area contributed by atoms with Gasteiger partial charge in [-0.3, -0.25) is 14.3 Å². The SMILES string of the molecule is CC1(F)[C@@H](O)[C@@H](CO)O[C@H]1n1ccc(=O)[nH]c1=O. The summed E-state index contributed by atoms with van der Waals surface area (Å²) in [6, 6.07) is 1.04. The largest absolute Gasteiger partial charge is 0.394 e. The van der Waals surface area contributed by atoms with Gasteiger partial charge in [-0.05, 0) is 6.92 Å². The van der Waals surface area contributed by atoms with Crippen molar-refractivity contribution in [2.45, 2.75) is 31.0 Å². The second-order valence-electron chi connectivity index (χ2n) is 4.32. The molecule has 0 radical (unpaired) electrons. The number of halogens is 1. The van der Waals surface area contributed by atoms with Gasteiger partial charge in [-0.1, -0.05) is 0 Å². The molecule has 7 nitrogen and oxygen atoms in total. The molecule has 0 amide bonds. The zero-order chi connectivity index (χ0) is 13.5. The third-order valence-electron chi connectivity index (χ3n) is 3.00. The fraction of sp³-hybridized carbons (Fsp3) is 0.600. The lowest BCUT2D eigenvalue weighted by Gasteiger charge is -2.24. The summed E-state index contributed by atoms with van der Waals surface area (Å²) >= 11 is 0. The molecule has 2 rings (SSSR count). The Balaban J connectivity index is 2.45. The molecule has 3 N–H and O–H groups in total. The van der Waals surface area contributed by atoms with Crippen LogP contribution >= 0.6 is 0 Å². The molecule has 0 spiro atoms. The second kappa shape index (κ2) is 4.30. The highest BCUT2D eigenvalue weighted by Crippen LogP contribution is 2.40. The van der Waals surface area contributed by atoms with Gasteiger partial charge in [0.2, 0.25) is 0 Å². The molecule has 0 aliphatic carbocycles. The van der Waals surface area contributed by atoms with Gasteiger partial charge in [0.1, 0.15) is 12.2 Å². The highest BCUT2D eigenvalue weighted by molar-refractivity contribution is 5.01. The van der Waals surface area contributed by atoms with E-state index in [4.69, 9.17) is 9.84 Å². The van der Waals surface area contributed by atoms with Crippen molar-refractivity contribution in [1.29, 1.82) is 0 Å². The van der Waals surface area contributed by atoms with Gasteiger partial charge in [-0.2, -0.15) is 0 Å². The topological polar surface area (TPSA) is 105 Å². The fourth-order valence-electron chi connectivity index (χ4n) is 1.97. The Morgan fingerprint density at radius 2 is 2.28 bits per heavy atom. The van der Waals surface area contributed by atoms with Crippen molar-refractivity contribution >= 4 is 0 Å². The van der Waals surface area contributed by atoms with Gasteiger partial charge in [-0.15, -0.1) is 0 Å². The second-order valence-corrected chi connectivity index (χ2v) is 4.32. The number of aliphatic hydroxyl groups is 2. The first-order chi connectivity index (χ1) is 8.37. The molecule has 0 saturated carbocycles. The van der Waals surface area contributed by atoms with Crippen molar-refractivity contribution in [3.05, 3.63) is 33.1 Å². The molecule has 4 atom stereocenters. The minimum Gasteiger partial charge on any atom is -0.394 e. The first-order valence-electron chi connectivity index (χ1n) is 5.32. The van der Waals surface area contributed by atoms with Crippen molar-refractivity contribution in [3.63, 3.8) is 0 Å². The molecule has 0 bridgehead atoms. The molecule has 1 aromatic heterocycles.